The molecule has 2 nitrogen and oxygen atoms in total. The number of aromatic nitrogens is 1. The predicted octanol–water partition coefficient (Wildman–Crippen LogP) is 4.04. The topological polar surface area (TPSA) is 24.9 Å². The Balaban J connectivity index is 2.30. The summed E-state index contributed by atoms with van der Waals surface area (Å²) in [5.41, 5.74) is 3.38. The lowest BCUT2D eigenvalue weighted by Gasteiger charge is -2.27. The summed E-state index contributed by atoms with van der Waals surface area (Å²) < 4.78 is 0. The van der Waals surface area contributed by atoms with Crippen LogP contribution in [0.2, 0.25) is 0 Å². The van der Waals surface area contributed by atoms with Crippen molar-refractivity contribution in [1.29, 1.82) is 0 Å². The minimum Gasteiger partial charge on any atom is -0.306 e. The van der Waals surface area contributed by atoms with Gasteiger partial charge in [0.05, 0.1) is 5.52 Å². The molecule has 3 heteroatoms. The van der Waals surface area contributed by atoms with E-state index in [1.54, 1.807) is 0 Å². The fourth-order valence-corrected chi connectivity index (χ4v) is 2.40. The molecule has 0 fully saturated rings. The molecule has 0 radical (unpaired) electrons. The Morgan fingerprint density at radius 3 is 2.74 bits per heavy atom. The van der Waals surface area contributed by atoms with E-state index in [4.69, 9.17) is 11.6 Å². The zero-order valence-corrected chi connectivity index (χ0v) is 12.6. The van der Waals surface area contributed by atoms with Crippen LogP contribution in [0, 0.1) is 6.92 Å². The van der Waals surface area contributed by atoms with E-state index in [-0.39, 0.29) is 5.54 Å². The van der Waals surface area contributed by atoms with Crippen molar-refractivity contribution in [1.82, 2.24) is 10.3 Å². The molecule has 1 aromatic carbocycles. The van der Waals surface area contributed by atoms with Crippen molar-refractivity contribution in [2.45, 2.75) is 39.3 Å². The average Bonchev–Trinajstić information content (AvgIpc) is 2.44. The maximum absolute atomic E-state index is 6.05. The first-order valence-electron chi connectivity index (χ1n) is 6.74. The Labute approximate surface area is 120 Å². The standard InChI is InChI=1S/C16H21ClN2/c1-4-16(3,11-17)18-10-13-9-12(2)19-15-8-6-5-7-14(13)15/h5-9,18H,4,10-11H2,1-3H3. The molecule has 1 atom stereocenters. The van der Waals surface area contributed by atoms with Crippen molar-refractivity contribution in [3.63, 3.8) is 0 Å². The van der Waals surface area contributed by atoms with Crippen LogP contribution in [0.3, 0.4) is 0 Å². The maximum Gasteiger partial charge on any atom is 0.0708 e. The molecule has 0 aliphatic rings. The second-order valence-electron chi connectivity index (χ2n) is 5.34. The lowest BCUT2D eigenvalue weighted by Crippen LogP contribution is -2.43. The molecule has 0 saturated heterocycles. The smallest absolute Gasteiger partial charge is 0.0708 e. The molecule has 1 heterocycles. The van der Waals surface area contributed by atoms with Gasteiger partial charge in [-0.3, -0.25) is 4.98 Å². The maximum atomic E-state index is 6.05. The summed E-state index contributed by atoms with van der Waals surface area (Å²) in [6, 6.07) is 10.4. The Hall–Kier alpha value is -1.12. The zero-order chi connectivity index (χ0) is 13.9. The molecule has 0 spiro atoms. The van der Waals surface area contributed by atoms with E-state index in [1.165, 1.54) is 10.9 Å². The number of hydrogen-bond donors (Lipinski definition) is 1. The average molecular weight is 277 g/mol. The van der Waals surface area contributed by atoms with Crippen molar-refractivity contribution in [3.8, 4) is 0 Å². The number of alkyl halides is 1. The van der Waals surface area contributed by atoms with Crippen LogP contribution < -0.4 is 5.32 Å². The van der Waals surface area contributed by atoms with Crippen molar-refractivity contribution in [2.75, 3.05) is 5.88 Å². The SMILES string of the molecule is CCC(C)(CCl)NCc1cc(C)nc2ccccc12. The number of halogens is 1. The van der Waals surface area contributed by atoms with Gasteiger partial charge in [-0.25, -0.2) is 0 Å². The van der Waals surface area contributed by atoms with E-state index in [2.05, 4.69) is 48.4 Å². The van der Waals surface area contributed by atoms with Gasteiger partial charge < -0.3 is 5.32 Å². The lowest BCUT2D eigenvalue weighted by molar-refractivity contribution is 0.380. The van der Waals surface area contributed by atoms with Crippen LogP contribution in [-0.4, -0.2) is 16.4 Å². The number of nitrogens with zero attached hydrogens (tertiary/aromatic N) is 1. The number of hydrogen-bond acceptors (Lipinski definition) is 2. The Bertz CT molecular complexity index is 562. The molecule has 1 aromatic heterocycles. The number of pyridine rings is 1. The van der Waals surface area contributed by atoms with Gasteiger partial charge in [-0.1, -0.05) is 25.1 Å². The van der Waals surface area contributed by atoms with Crippen LogP contribution in [0.25, 0.3) is 10.9 Å². The molecule has 1 unspecified atom stereocenters. The molecule has 0 aliphatic carbocycles. The van der Waals surface area contributed by atoms with Crippen molar-refractivity contribution in [2.24, 2.45) is 0 Å². The highest BCUT2D eigenvalue weighted by Gasteiger charge is 2.20. The number of benzene rings is 1. The van der Waals surface area contributed by atoms with Crippen LogP contribution >= 0.6 is 11.6 Å². The van der Waals surface area contributed by atoms with E-state index in [9.17, 15) is 0 Å². The molecule has 102 valence electrons. The van der Waals surface area contributed by atoms with Crippen LogP contribution in [0.5, 0.6) is 0 Å². The summed E-state index contributed by atoms with van der Waals surface area (Å²) in [6.07, 6.45) is 1.01. The molecule has 0 aliphatic heterocycles. The molecular formula is C16H21ClN2. The molecular weight excluding hydrogens is 256 g/mol. The Morgan fingerprint density at radius 2 is 2.05 bits per heavy atom. The summed E-state index contributed by atoms with van der Waals surface area (Å²) in [7, 11) is 0. The molecule has 1 N–H and O–H groups in total. The van der Waals surface area contributed by atoms with E-state index >= 15 is 0 Å². The lowest BCUT2D eigenvalue weighted by atomic mass is 10.0. The summed E-state index contributed by atoms with van der Waals surface area (Å²) in [5.74, 6) is 0.617. The Morgan fingerprint density at radius 1 is 1.32 bits per heavy atom. The van der Waals surface area contributed by atoms with Crippen molar-refractivity contribution in [3.05, 3.63) is 41.6 Å². The van der Waals surface area contributed by atoms with Gasteiger partial charge in [0.15, 0.2) is 0 Å². The number of nitrogens with one attached hydrogen (secondary N) is 1. The van der Waals surface area contributed by atoms with Gasteiger partial charge in [0.25, 0.3) is 0 Å². The second kappa shape index (κ2) is 5.89. The number of aryl methyl sites for hydroxylation is 1. The largest absolute Gasteiger partial charge is 0.306 e. The zero-order valence-electron chi connectivity index (χ0n) is 11.8. The first-order chi connectivity index (χ1) is 9.08. The summed E-state index contributed by atoms with van der Waals surface area (Å²) in [4.78, 5) is 4.57. The van der Waals surface area contributed by atoms with E-state index in [0.29, 0.717) is 5.88 Å². The highest BCUT2D eigenvalue weighted by molar-refractivity contribution is 6.18. The highest BCUT2D eigenvalue weighted by Crippen LogP contribution is 2.20. The van der Waals surface area contributed by atoms with Gasteiger partial charge in [-0.15, -0.1) is 11.6 Å². The number of fused-ring (bicyclic) bond motifs is 1. The molecule has 0 bridgehead atoms. The number of rotatable bonds is 5. The third kappa shape index (κ3) is 3.26. The van der Waals surface area contributed by atoms with Crippen LogP contribution in [0.4, 0.5) is 0 Å². The Kier molecular flexibility index (Phi) is 4.43. The van der Waals surface area contributed by atoms with Crippen molar-refractivity contribution >= 4 is 22.5 Å². The third-order valence-corrected chi connectivity index (χ3v) is 4.30. The van der Waals surface area contributed by atoms with Gasteiger partial charge in [-0.2, -0.15) is 0 Å². The minimum absolute atomic E-state index is 0.0141. The normalized spacial score (nSPS) is 14.5. The van der Waals surface area contributed by atoms with E-state index < -0.39 is 0 Å². The first-order valence-corrected chi connectivity index (χ1v) is 7.28. The van der Waals surface area contributed by atoms with Gasteiger partial charge in [0, 0.05) is 29.0 Å². The minimum atomic E-state index is -0.0141. The van der Waals surface area contributed by atoms with Crippen LogP contribution in [0.15, 0.2) is 30.3 Å². The van der Waals surface area contributed by atoms with Crippen LogP contribution in [0.1, 0.15) is 31.5 Å². The molecule has 19 heavy (non-hydrogen) atoms. The molecule has 2 rings (SSSR count). The van der Waals surface area contributed by atoms with Crippen LogP contribution in [-0.2, 0) is 6.54 Å². The molecule has 2 aromatic rings. The monoisotopic (exact) mass is 276 g/mol. The second-order valence-corrected chi connectivity index (χ2v) is 5.61. The van der Waals surface area contributed by atoms with Gasteiger partial charge in [-0.05, 0) is 38.0 Å². The summed E-state index contributed by atoms with van der Waals surface area (Å²) in [6.45, 7) is 7.18. The summed E-state index contributed by atoms with van der Waals surface area (Å²) >= 11 is 6.05. The van der Waals surface area contributed by atoms with E-state index in [0.717, 1.165) is 24.2 Å². The summed E-state index contributed by atoms with van der Waals surface area (Å²) in [5, 5.41) is 4.79. The number of para-hydroxylation sites is 1. The fraction of sp³-hybridized carbons (Fsp3) is 0.438. The predicted molar refractivity (Wildman–Crippen MR) is 82.7 cm³/mol. The van der Waals surface area contributed by atoms with Gasteiger partial charge in [0.2, 0.25) is 0 Å². The highest BCUT2D eigenvalue weighted by atomic mass is 35.5. The van der Waals surface area contributed by atoms with Gasteiger partial charge in [0.1, 0.15) is 0 Å². The third-order valence-electron chi connectivity index (χ3n) is 3.71. The van der Waals surface area contributed by atoms with E-state index in [1.807, 2.05) is 13.0 Å². The van der Waals surface area contributed by atoms with Gasteiger partial charge >= 0.3 is 0 Å². The van der Waals surface area contributed by atoms with Crippen molar-refractivity contribution < 1.29 is 0 Å². The quantitative estimate of drug-likeness (QED) is 0.834. The molecule has 0 amide bonds. The fourth-order valence-electron chi connectivity index (χ4n) is 2.12. The molecule has 0 saturated carbocycles. The first kappa shape index (κ1) is 14.3.